The summed E-state index contributed by atoms with van der Waals surface area (Å²) in [5.74, 6) is 0. The largest absolute Gasteiger partial charge is 0.310 e. The number of benzene rings is 12. The zero-order valence-corrected chi connectivity index (χ0v) is 40.5. The fourth-order valence-corrected chi connectivity index (χ4v) is 14.2. The lowest BCUT2D eigenvalue weighted by molar-refractivity contribution is 0.793. The van der Waals surface area contributed by atoms with Crippen LogP contribution in [0, 0.1) is 0 Å². The molecule has 0 fully saturated rings. The summed E-state index contributed by atoms with van der Waals surface area (Å²) in [5, 5.41) is 2.45. The second-order valence-corrected chi connectivity index (χ2v) is 20.2. The highest BCUT2D eigenvalue weighted by atomic mass is 15.2. The van der Waals surface area contributed by atoms with E-state index in [2.05, 4.69) is 289 Å². The van der Waals surface area contributed by atoms with Gasteiger partial charge in [-0.25, -0.2) is 0 Å². The summed E-state index contributed by atoms with van der Waals surface area (Å²) in [6, 6.07) is 105. The van der Waals surface area contributed by atoms with Gasteiger partial charge in [0.05, 0.1) is 22.2 Å². The molecule has 0 bridgehead atoms. The van der Waals surface area contributed by atoms with Crippen LogP contribution in [-0.2, 0) is 10.8 Å². The van der Waals surface area contributed by atoms with Crippen molar-refractivity contribution in [2.45, 2.75) is 10.8 Å². The summed E-state index contributed by atoms with van der Waals surface area (Å²) in [5.41, 5.74) is 26.5. The van der Waals surface area contributed by atoms with E-state index in [1.165, 1.54) is 99.8 Å². The van der Waals surface area contributed by atoms with Gasteiger partial charge in [0.2, 0.25) is 0 Å². The monoisotopic (exact) mass is 938 g/mol. The number of rotatable bonds is 6. The van der Waals surface area contributed by atoms with Gasteiger partial charge in [0.25, 0.3) is 0 Å². The lowest BCUT2D eigenvalue weighted by atomic mass is 9.70. The summed E-state index contributed by atoms with van der Waals surface area (Å²) >= 11 is 0. The summed E-state index contributed by atoms with van der Waals surface area (Å²) in [4.78, 5) is 4.99. The van der Waals surface area contributed by atoms with Crippen molar-refractivity contribution in [2.75, 3.05) is 9.80 Å². The van der Waals surface area contributed by atoms with E-state index in [-0.39, 0.29) is 0 Å². The van der Waals surface area contributed by atoms with Crippen molar-refractivity contribution in [1.29, 1.82) is 0 Å². The SMILES string of the molecule is c1ccc(N(c2ccccc2)c2ccc3c(c2)C2(c4ccccc4-3)c3ccccc3-c3c2cc(N(c2ccccc2)c2cccc4c2-c2ccccc2C42c4ccccc4-c4ccccc42)c2ccccc32)cc1. The molecule has 2 spiro atoms. The van der Waals surface area contributed by atoms with Crippen molar-refractivity contribution < 1.29 is 0 Å². The zero-order valence-electron chi connectivity index (χ0n) is 40.5. The molecule has 0 heterocycles. The Hall–Kier alpha value is -9.50. The third kappa shape index (κ3) is 5.28. The molecule has 0 amide bonds. The molecule has 12 aromatic carbocycles. The van der Waals surface area contributed by atoms with E-state index in [4.69, 9.17) is 0 Å². The Labute approximate surface area is 431 Å². The number of para-hydroxylation sites is 3. The molecule has 0 radical (unpaired) electrons. The standard InChI is InChI=1S/C72H46N2/c1-4-23-47(24-5-1)73(48-25-6-2-7-26-48)50-43-44-54-53-31-14-19-38-61(53)72(65(54)45-50)62-39-20-15-34-57(62)69-56-33-11-10-32-55(56)68(46-66(69)72)74(49-27-8-3-9-28-49)67-42-22-41-64-70(67)58-35-16-21-40-63(58)71(64)59-36-17-12-29-51(59)52-30-13-18-37-60(52)71/h1-46H. The maximum Gasteiger partial charge on any atom is 0.0727 e. The third-order valence-electron chi connectivity index (χ3n) is 16.8. The van der Waals surface area contributed by atoms with Crippen molar-refractivity contribution >= 4 is 44.9 Å². The molecule has 0 N–H and O–H groups in total. The summed E-state index contributed by atoms with van der Waals surface area (Å²) in [6.07, 6.45) is 0. The molecule has 2 heteroatoms. The highest BCUT2D eigenvalue weighted by Gasteiger charge is 2.54. The minimum absolute atomic E-state index is 0.481. The van der Waals surface area contributed by atoms with Crippen molar-refractivity contribution in [1.82, 2.24) is 0 Å². The Balaban J connectivity index is 1.01. The lowest BCUT2D eigenvalue weighted by Crippen LogP contribution is -2.27. The van der Waals surface area contributed by atoms with E-state index < -0.39 is 10.8 Å². The molecule has 1 atom stereocenters. The highest BCUT2D eigenvalue weighted by molar-refractivity contribution is 6.13. The van der Waals surface area contributed by atoms with Crippen LogP contribution in [0.25, 0.3) is 55.3 Å². The van der Waals surface area contributed by atoms with Gasteiger partial charge < -0.3 is 9.80 Å². The molecule has 12 aromatic rings. The van der Waals surface area contributed by atoms with E-state index in [1.54, 1.807) is 0 Å². The van der Waals surface area contributed by atoms with Gasteiger partial charge in [-0.15, -0.1) is 0 Å². The van der Waals surface area contributed by atoms with Gasteiger partial charge in [-0.2, -0.15) is 0 Å². The second kappa shape index (κ2) is 15.5. The van der Waals surface area contributed by atoms with Gasteiger partial charge in [-0.1, -0.05) is 218 Å². The molecule has 0 saturated heterocycles. The quantitative estimate of drug-likeness (QED) is 0.164. The Morgan fingerprint density at radius 1 is 0.203 bits per heavy atom. The van der Waals surface area contributed by atoms with Crippen LogP contribution in [-0.4, -0.2) is 0 Å². The van der Waals surface area contributed by atoms with Gasteiger partial charge in [0.1, 0.15) is 0 Å². The second-order valence-electron chi connectivity index (χ2n) is 20.2. The topological polar surface area (TPSA) is 6.48 Å². The van der Waals surface area contributed by atoms with Crippen molar-refractivity contribution in [3.63, 3.8) is 0 Å². The van der Waals surface area contributed by atoms with Crippen LogP contribution < -0.4 is 9.80 Å². The van der Waals surface area contributed by atoms with Gasteiger partial charge in [-0.3, -0.25) is 0 Å². The van der Waals surface area contributed by atoms with Gasteiger partial charge >= 0.3 is 0 Å². The highest BCUT2D eigenvalue weighted by Crippen LogP contribution is 2.68. The lowest BCUT2D eigenvalue weighted by Gasteiger charge is -2.34. The average Bonchev–Trinajstić information content (AvgIpc) is 4.26. The molecule has 0 aromatic heterocycles. The van der Waals surface area contributed by atoms with Crippen LogP contribution in [0.1, 0.15) is 44.5 Å². The maximum atomic E-state index is 2.59. The summed E-state index contributed by atoms with van der Waals surface area (Å²) in [6.45, 7) is 0. The van der Waals surface area contributed by atoms with E-state index in [0.717, 1.165) is 34.1 Å². The number of nitrogens with zero attached hydrogens (tertiary/aromatic N) is 2. The van der Waals surface area contributed by atoms with Gasteiger partial charge in [0, 0.05) is 33.7 Å². The Bertz CT molecular complexity index is 4190. The molecule has 2 nitrogen and oxygen atoms in total. The summed E-state index contributed by atoms with van der Waals surface area (Å²) in [7, 11) is 0. The van der Waals surface area contributed by atoms with Gasteiger partial charge in [0.15, 0.2) is 0 Å². The predicted molar refractivity (Wildman–Crippen MR) is 306 cm³/mol. The van der Waals surface area contributed by atoms with E-state index in [9.17, 15) is 0 Å². The molecule has 4 aliphatic rings. The normalized spacial score (nSPS) is 15.2. The molecular weight excluding hydrogens is 893 g/mol. The number of hydrogen-bond acceptors (Lipinski definition) is 2. The fraction of sp³-hybridized carbons (Fsp3) is 0.0278. The maximum absolute atomic E-state index is 2.59. The molecular formula is C72H46N2. The minimum Gasteiger partial charge on any atom is -0.310 e. The number of hydrogen-bond donors (Lipinski definition) is 0. The van der Waals surface area contributed by atoms with Crippen LogP contribution in [0.2, 0.25) is 0 Å². The number of fused-ring (bicyclic) bond motifs is 22. The molecule has 4 aliphatic carbocycles. The van der Waals surface area contributed by atoms with Crippen LogP contribution >= 0.6 is 0 Å². The van der Waals surface area contributed by atoms with Crippen LogP contribution in [0.5, 0.6) is 0 Å². The van der Waals surface area contributed by atoms with Crippen molar-refractivity contribution in [3.05, 3.63) is 324 Å². The first-order chi connectivity index (χ1) is 36.8. The first kappa shape index (κ1) is 41.2. The zero-order chi connectivity index (χ0) is 48.5. The van der Waals surface area contributed by atoms with Crippen LogP contribution in [0.4, 0.5) is 34.1 Å². The summed E-state index contributed by atoms with van der Waals surface area (Å²) < 4.78 is 0. The molecule has 74 heavy (non-hydrogen) atoms. The Morgan fingerprint density at radius 2 is 0.595 bits per heavy atom. The van der Waals surface area contributed by atoms with E-state index >= 15 is 0 Å². The minimum atomic E-state index is -0.638. The molecule has 1 unspecified atom stereocenters. The first-order valence-electron chi connectivity index (χ1n) is 25.8. The molecule has 16 rings (SSSR count). The number of anilines is 6. The smallest absolute Gasteiger partial charge is 0.0727 e. The Kier molecular flexibility index (Phi) is 8.62. The first-order valence-corrected chi connectivity index (χ1v) is 25.8. The molecule has 0 aliphatic heterocycles. The average molecular weight is 939 g/mol. The van der Waals surface area contributed by atoms with Crippen LogP contribution in [0.15, 0.2) is 279 Å². The van der Waals surface area contributed by atoms with Crippen LogP contribution in [0.3, 0.4) is 0 Å². The third-order valence-corrected chi connectivity index (χ3v) is 16.8. The van der Waals surface area contributed by atoms with E-state index in [1.807, 2.05) is 0 Å². The van der Waals surface area contributed by atoms with Crippen molar-refractivity contribution in [3.8, 4) is 44.5 Å². The molecule has 344 valence electrons. The van der Waals surface area contributed by atoms with Gasteiger partial charge in [-0.05, 0) is 150 Å². The fourth-order valence-electron chi connectivity index (χ4n) is 14.2. The molecule has 0 saturated carbocycles. The van der Waals surface area contributed by atoms with E-state index in [0.29, 0.717) is 0 Å². The van der Waals surface area contributed by atoms with Crippen molar-refractivity contribution in [2.24, 2.45) is 0 Å². The Morgan fingerprint density at radius 3 is 1.14 bits per heavy atom. The predicted octanol–water partition coefficient (Wildman–Crippen LogP) is 18.5.